The van der Waals surface area contributed by atoms with E-state index in [0.717, 1.165) is 25.7 Å². The molecule has 0 aromatic heterocycles. The summed E-state index contributed by atoms with van der Waals surface area (Å²) in [6, 6.07) is 0.236. The number of carboxylic acids is 1. The minimum Gasteiger partial charge on any atom is -0.550 e. The van der Waals surface area contributed by atoms with E-state index in [1.807, 2.05) is 12.2 Å². The van der Waals surface area contributed by atoms with E-state index in [2.05, 4.69) is 5.32 Å². The molecule has 0 bridgehead atoms. The van der Waals surface area contributed by atoms with Gasteiger partial charge < -0.3 is 15.2 Å². The molecule has 0 aliphatic heterocycles. The number of rotatable bonds is 3. The second kappa shape index (κ2) is 6.03. The molecule has 1 saturated carbocycles. The van der Waals surface area contributed by atoms with E-state index in [-0.39, 0.29) is 11.9 Å². The molecule has 0 unspecified atom stereocenters. The Kier molecular flexibility index (Phi) is 4.39. The Bertz CT molecular complexity index is 345. The van der Waals surface area contributed by atoms with Crippen LogP contribution in [0.1, 0.15) is 44.9 Å². The fraction of sp³-hybridized carbons (Fsp3) is 0.714. The second-order valence-electron chi connectivity index (χ2n) is 5.32. The lowest BCUT2D eigenvalue weighted by Gasteiger charge is -2.31. The molecular formula is C14H20NO3-. The Hall–Kier alpha value is -1.32. The average molecular weight is 250 g/mol. The lowest BCUT2D eigenvalue weighted by molar-refractivity contribution is -0.313. The maximum atomic E-state index is 12.1. The van der Waals surface area contributed by atoms with Gasteiger partial charge in [-0.25, -0.2) is 0 Å². The molecule has 1 amide bonds. The van der Waals surface area contributed by atoms with Crippen molar-refractivity contribution in [1.82, 2.24) is 5.32 Å². The first kappa shape index (κ1) is 13.1. The van der Waals surface area contributed by atoms with Gasteiger partial charge in [-0.15, -0.1) is 0 Å². The molecular weight excluding hydrogens is 230 g/mol. The van der Waals surface area contributed by atoms with Crippen LogP contribution in [0.3, 0.4) is 0 Å². The van der Waals surface area contributed by atoms with Gasteiger partial charge in [0.15, 0.2) is 0 Å². The minimum atomic E-state index is -1.11. The Morgan fingerprint density at radius 2 is 1.61 bits per heavy atom. The van der Waals surface area contributed by atoms with Crippen LogP contribution in [0, 0.1) is 11.8 Å². The van der Waals surface area contributed by atoms with Gasteiger partial charge in [0.2, 0.25) is 5.91 Å². The standard InChI is InChI=1S/C14H21NO3/c16-13(15-10-6-2-1-3-7-10)11-8-4-5-9-12(11)14(17)18/h4-5,10-12H,1-3,6-9H2,(H,15,16)(H,17,18)/p-1/t11-,12-/m0/s1. The Morgan fingerprint density at radius 1 is 1.00 bits per heavy atom. The summed E-state index contributed by atoms with van der Waals surface area (Å²) in [6.45, 7) is 0. The normalized spacial score (nSPS) is 28.9. The third-order valence-corrected chi connectivity index (χ3v) is 4.02. The number of hydrogen-bond acceptors (Lipinski definition) is 3. The average Bonchev–Trinajstić information content (AvgIpc) is 2.40. The summed E-state index contributed by atoms with van der Waals surface area (Å²) >= 11 is 0. The molecule has 0 spiro atoms. The Labute approximate surface area is 107 Å². The monoisotopic (exact) mass is 250 g/mol. The third-order valence-electron chi connectivity index (χ3n) is 4.02. The highest BCUT2D eigenvalue weighted by molar-refractivity contribution is 5.84. The first-order valence-electron chi connectivity index (χ1n) is 6.84. The predicted molar refractivity (Wildman–Crippen MR) is 65.4 cm³/mol. The second-order valence-corrected chi connectivity index (χ2v) is 5.32. The van der Waals surface area contributed by atoms with Crippen LogP contribution < -0.4 is 10.4 Å². The van der Waals surface area contributed by atoms with Crippen molar-refractivity contribution in [3.8, 4) is 0 Å². The maximum absolute atomic E-state index is 12.1. The summed E-state index contributed by atoms with van der Waals surface area (Å²) in [5, 5.41) is 14.0. The van der Waals surface area contributed by atoms with E-state index >= 15 is 0 Å². The number of carbonyl (C=O) groups excluding carboxylic acids is 2. The van der Waals surface area contributed by atoms with Crippen molar-refractivity contribution < 1.29 is 14.7 Å². The van der Waals surface area contributed by atoms with Crippen molar-refractivity contribution in [3.05, 3.63) is 12.2 Å². The number of nitrogens with one attached hydrogen (secondary N) is 1. The van der Waals surface area contributed by atoms with Gasteiger partial charge >= 0.3 is 0 Å². The lowest BCUT2D eigenvalue weighted by Crippen LogP contribution is -2.46. The maximum Gasteiger partial charge on any atom is 0.224 e. The van der Waals surface area contributed by atoms with Crippen LogP contribution >= 0.6 is 0 Å². The van der Waals surface area contributed by atoms with Gasteiger partial charge in [0.25, 0.3) is 0 Å². The van der Waals surface area contributed by atoms with Crippen LogP contribution in [0.4, 0.5) is 0 Å². The molecule has 1 fully saturated rings. The van der Waals surface area contributed by atoms with Gasteiger partial charge in [0.05, 0.1) is 0 Å². The highest BCUT2D eigenvalue weighted by Gasteiger charge is 2.31. The van der Waals surface area contributed by atoms with E-state index in [9.17, 15) is 14.7 Å². The number of carboxylic acid groups (broad SMARTS) is 1. The van der Waals surface area contributed by atoms with Gasteiger partial charge in [-0.1, -0.05) is 31.4 Å². The number of aliphatic carboxylic acids is 1. The van der Waals surface area contributed by atoms with Gasteiger partial charge in [-0.2, -0.15) is 0 Å². The molecule has 4 nitrogen and oxygen atoms in total. The van der Waals surface area contributed by atoms with Crippen LogP contribution in [0.25, 0.3) is 0 Å². The zero-order valence-electron chi connectivity index (χ0n) is 10.6. The minimum absolute atomic E-state index is 0.111. The molecule has 0 heterocycles. The largest absolute Gasteiger partial charge is 0.550 e. The summed E-state index contributed by atoms with van der Waals surface area (Å²) in [4.78, 5) is 23.2. The lowest BCUT2D eigenvalue weighted by atomic mass is 9.82. The molecule has 0 aromatic rings. The molecule has 100 valence electrons. The number of allylic oxidation sites excluding steroid dienone is 2. The van der Waals surface area contributed by atoms with Crippen molar-refractivity contribution in [1.29, 1.82) is 0 Å². The molecule has 0 aromatic carbocycles. The fourth-order valence-electron chi connectivity index (χ4n) is 2.92. The van der Waals surface area contributed by atoms with Gasteiger partial charge in [-0.05, 0) is 25.7 Å². The number of hydrogen-bond donors (Lipinski definition) is 1. The molecule has 1 N–H and O–H groups in total. The van der Waals surface area contributed by atoms with Crippen molar-refractivity contribution in [2.75, 3.05) is 0 Å². The SMILES string of the molecule is O=C([O-])[C@H]1CC=CC[C@@H]1C(=O)NC1CCCCC1. The van der Waals surface area contributed by atoms with Crippen LogP contribution in [-0.2, 0) is 9.59 Å². The van der Waals surface area contributed by atoms with E-state index < -0.39 is 17.8 Å². The zero-order valence-corrected chi connectivity index (χ0v) is 10.6. The van der Waals surface area contributed by atoms with E-state index in [0.29, 0.717) is 12.8 Å². The first-order chi connectivity index (χ1) is 8.68. The fourth-order valence-corrected chi connectivity index (χ4v) is 2.92. The van der Waals surface area contributed by atoms with Crippen molar-refractivity contribution in [2.45, 2.75) is 51.0 Å². The number of carbonyl (C=O) groups is 2. The predicted octanol–water partition coefficient (Wildman–Crippen LogP) is 0.768. The summed E-state index contributed by atoms with van der Waals surface area (Å²) in [5.41, 5.74) is 0. The number of amides is 1. The van der Waals surface area contributed by atoms with Gasteiger partial charge in [0, 0.05) is 23.8 Å². The van der Waals surface area contributed by atoms with Gasteiger partial charge in [0.1, 0.15) is 0 Å². The third kappa shape index (κ3) is 3.12. The summed E-state index contributed by atoms with van der Waals surface area (Å²) in [7, 11) is 0. The molecule has 2 aliphatic carbocycles. The molecule has 2 aliphatic rings. The van der Waals surface area contributed by atoms with E-state index in [1.54, 1.807) is 0 Å². The van der Waals surface area contributed by atoms with Crippen LogP contribution in [-0.4, -0.2) is 17.9 Å². The van der Waals surface area contributed by atoms with Crippen molar-refractivity contribution in [3.63, 3.8) is 0 Å². The summed E-state index contributed by atoms with van der Waals surface area (Å²) in [6.07, 6.45) is 10.2. The highest BCUT2D eigenvalue weighted by atomic mass is 16.4. The molecule has 2 atom stereocenters. The van der Waals surface area contributed by atoms with Crippen LogP contribution in [0.5, 0.6) is 0 Å². The molecule has 18 heavy (non-hydrogen) atoms. The molecule has 4 heteroatoms. The molecule has 2 rings (SSSR count). The van der Waals surface area contributed by atoms with E-state index in [1.165, 1.54) is 6.42 Å². The van der Waals surface area contributed by atoms with Crippen molar-refractivity contribution >= 4 is 11.9 Å². The quantitative estimate of drug-likeness (QED) is 0.752. The van der Waals surface area contributed by atoms with Crippen LogP contribution in [0.2, 0.25) is 0 Å². The Morgan fingerprint density at radius 3 is 2.22 bits per heavy atom. The summed E-state index contributed by atoms with van der Waals surface area (Å²) in [5.74, 6) is -2.34. The topological polar surface area (TPSA) is 69.2 Å². The van der Waals surface area contributed by atoms with Crippen LogP contribution in [0.15, 0.2) is 12.2 Å². The zero-order chi connectivity index (χ0) is 13.0. The van der Waals surface area contributed by atoms with E-state index in [4.69, 9.17) is 0 Å². The Balaban J connectivity index is 1.93. The summed E-state index contributed by atoms with van der Waals surface area (Å²) < 4.78 is 0. The van der Waals surface area contributed by atoms with Crippen molar-refractivity contribution in [2.24, 2.45) is 11.8 Å². The van der Waals surface area contributed by atoms with Gasteiger partial charge in [-0.3, -0.25) is 4.79 Å². The first-order valence-corrected chi connectivity index (χ1v) is 6.84. The molecule has 0 radical (unpaired) electrons. The highest BCUT2D eigenvalue weighted by Crippen LogP contribution is 2.26. The smallest absolute Gasteiger partial charge is 0.224 e. The molecule has 0 saturated heterocycles.